The van der Waals surface area contributed by atoms with Crippen LogP contribution >= 0.6 is 0 Å². The number of ether oxygens (including phenoxy) is 1. The van der Waals surface area contributed by atoms with Crippen molar-refractivity contribution < 1.29 is 4.74 Å². The van der Waals surface area contributed by atoms with Crippen molar-refractivity contribution in [2.45, 2.75) is 5.41 Å². The zero-order valence-corrected chi connectivity index (χ0v) is 28.0. The van der Waals surface area contributed by atoms with Crippen LogP contribution in [0.4, 0.5) is 0 Å². The Labute approximate surface area is 302 Å². The average molecular weight is 667 g/mol. The number of para-hydroxylation sites is 2. The van der Waals surface area contributed by atoms with Crippen molar-refractivity contribution in [2.24, 2.45) is 9.98 Å². The monoisotopic (exact) mass is 666 g/mol. The van der Waals surface area contributed by atoms with E-state index in [1.807, 2.05) is 91.1 Å². The third-order valence-electron chi connectivity index (χ3n) is 9.92. The number of benzene rings is 7. The Morgan fingerprint density at radius 1 is 0.577 bits per heavy atom. The van der Waals surface area contributed by atoms with Gasteiger partial charge in [0.25, 0.3) is 0 Å². The van der Waals surface area contributed by atoms with Crippen LogP contribution in [0.25, 0.3) is 22.3 Å². The van der Waals surface area contributed by atoms with E-state index in [1.165, 1.54) is 22.3 Å². The lowest BCUT2D eigenvalue weighted by Crippen LogP contribution is -2.32. The van der Waals surface area contributed by atoms with E-state index in [9.17, 15) is 5.26 Å². The molecule has 1 aliphatic carbocycles. The Morgan fingerprint density at radius 3 is 1.94 bits per heavy atom. The van der Waals surface area contributed by atoms with E-state index < -0.39 is 5.41 Å². The summed E-state index contributed by atoms with van der Waals surface area (Å²) in [7, 11) is 0. The predicted octanol–water partition coefficient (Wildman–Crippen LogP) is 10.6. The zero-order valence-electron chi connectivity index (χ0n) is 28.0. The number of nitriles is 1. The molecule has 52 heavy (non-hydrogen) atoms. The Morgan fingerprint density at radius 2 is 1.19 bits per heavy atom. The van der Waals surface area contributed by atoms with E-state index >= 15 is 0 Å². The van der Waals surface area contributed by atoms with Crippen LogP contribution in [0.2, 0.25) is 0 Å². The first-order valence-electron chi connectivity index (χ1n) is 17.1. The third kappa shape index (κ3) is 5.05. The summed E-state index contributed by atoms with van der Waals surface area (Å²) >= 11 is 0. The van der Waals surface area contributed by atoms with Crippen molar-refractivity contribution in [2.75, 3.05) is 0 Å². The van der Waals surface area contributed by atoms with Crippen LogP contribution in [0.15, 0.2) is 180 Å². The summed E-state index contributed by atoms with van der Waals surface area (Å²) in [6.45, 7) is 0. The maximum absolute atomic E-state index is 9.40. The molecule has 7 aromatic carbocycles. The van der Waals surface area contributed by atoms with Crippen molar-refractivity contribution in [3.8, 4) is 39.8 Å². The molecule has 0 amide bonds. The minimum absolute atomic E-state index is 0.0908. The van der Waals surface area contributed by atoms with Crippen molar-refractivity contribution in [1.29, 1.82) is 10.7 Å². The minimum atomic E-state index is -0.572. The lowest BCUT2D eigenvalue weighted by Gasteiger charge is -2.39. The van der Waals surface area contributed by atoms with Gasteiger partial charge in [0.2, 0.25) is 0 Å². The van der Waals surface area contributed by atoms with Crippen molar-refractivity contribution >= 4 is 17.9 Å². The van der Waals surface area contributed by atoms with Gasteiger partial charge in [-0.05, 0) is 75.3 Å². The third-order valence-corrected chi connectivity index (χ3v) is 9.92. The van der Waals surface area contributed by atoms with Gasteiger partial charge in [0.15, 0.2) is 11.7 Å². The molecule has 0 bridgehead atoms. The van der Waals surface area contributed by atoms with Crippen LogP contribution in [0, 0.1) is 16.7 Å². The molecular formula is C47H30N4O. The molecule has 0 unspecified atom stereocenters. The first kappa shape index (κ1) is 30.9. The minimum Gasteiger partial charge on any atom is -0.457 e. The van der Waals surface area contributed by atoms with Gasteiger partial charge in [0.1, 0.15) is 11.5 Å². The number of fused-ring (bicyclic) bond motifs is 9. The first-order chi connectivity index (χ1) is 25.6. The Hall–Kier alpha value is -7.16. The average Bonchev–Trinajstić information content (AvgIpc) is 3.49. The van der Waals surface area contributed by atoms with Gasteiger partial charge >= 0.3 is 0 Å². The number of nitrogens with one attached hydrogen (secondary N) is 1. The predicted molar refractivity (Wildman–Crippen MR) is 208 cm³/mol. The number of aliphatic imine (C=N–C) groups is 2. The van der Waals surface area contributed by atoms with Crippen LogP contribution in [0.5, 0.6) is 11.5 Å². The molecule has 0 saturated carbocycles. The summed E-state index contributed by atoms with van der Waals surface area (Å²) < 4.78 is 6.49. The van der Waals surface area contributed by atoms with E-state index in [1.54, 1.807) is 6.07 Å². The lowest BCUT2D eigenvalue weighted by atomic mass is 9.66. The Bertz CT molecular complexity index is 2600. The first-order valence-corrected chi connectivity index (χ1v) is 17.1. The number of amidine groups is 2. The molecule has 1 N–H and O–H groups in total. The molecule has 9 rings (SSSR count). The molecule has 244 valence electrons. The Balaban J connectivity index is 1.15. The van der Waals surface area contributed by atoms with Crippen molar-refractivity contribution in [3.05, 3.63) is 214 Å². The highest BCUT2D eigenvalue weighted by atomic mass is 16.5. The fraction of sp³-hybridized carbons (Fsp3) is 0.0213. The summed E-state index contributed by atoms with van der Waals surface area (Å²) in [4.78, 5) is 9.73. The van der Waals surface area contributed by atoms with Crippen molar-refractivity contribution in [1.82, 2.24) is 0 Å². The molecule has 5 nitrogen and oxygen atoms in total. The van der Waals surface area contributed by atoms with E-state index in [4.69, 9.17) is 20.1 Å². The highest BCUT2D eigenvalue weighted by Gasteiger charge is 2.50. The molecule has 5 heteroatoms. The fourth-order valence-corrected chi connectivity index (χ4v) is 7.63. The molecule has 0 radical (unpaired) electrons. The lowest BCUT2D eigenvalue weighted by molar-refractivity contribution is 0.436. The quantitative estimate of drug-likeness (QED) is 0.150. The largest absolute Gasteiger partial charge is 0.457 e. The van der Waals surface area contributed by atoms with Crippen LogP contribution < -0.4 is 4.74 Å². The van der Waals surface area contributed by atoms with E-state index in [2.05, 4.69) is 84.9 Å². The maximum Gasteiger partial charge on any atom is 0.161 e. The molecule has 7 aromatic rings. The second-order valence-corrected chi connectivity index (χ2v) is 12.9. The SMILES string of the molecule is N#Cc1cccc(-c2cccc(C(=N)N=C(N=Cc3ccc4c(c3)C3(c5ccccc5Oc5ccccc53)c3ccccc3-4)c3ccccc3)c2)c1. The number of rotatable bonds is 4. The molecule has 0 aromatic heterocycles. The molecule has 1 spiro atoms. The number of hydrogen-bond acceptors (Lipinski definition) is 3. The maximum atomic E-state index is 9.40. The van der Waals surface area contributed by atoms with Gasteiger partial charge in [-0.25, -0.2) is 9.98 Å². The van der Waals surface area contributed by atoms with E-state index in [0.29, 0.717) is 17.0 Å². The summed E-state index contributed by atoms with van der Waals surface area (Å²) in [5.41, 5.74) is 11.2. The molecule has 0 fully saturated rings. The van der Waals surface area contributed by atoms with Gasteiger partial charge in [-0.3, -0.25) is 5.41 Å². The van der Waals surface area contributed by atoms with E-state index in [0.717, 1.165) is 44.9 Å². The highest BCUT2D eigenvalue weighted by molar-refractivity contribution is 6.13. The van der Waals surface area contributed by atoms with Gasteiger partial charge in [-0.2, -0.15) is 5.26 Å². The van der Waals surface area contributed by atoms with Crippen LogP contribution in [0.1, 0.15) is 44.5 Å². The number of nitrogens with zero attached hydrogens (tertiary/aromatic N) is 3. The highest BCUT2D eigenvalue weighted by Crippen LogP contribution is 2.61. The van der Waals surface area contributed by atoms with Crippen molar-refractivity contribution in [3.63, 3.8) is 0 Å². The van der Waals surface area contributed by atoms with Gasteiger partial charge in [-0.15, -0.1) is 0 Å². The molecular weight excluding hydrogens is 637 g/mol. The summed E-state index contributed by atoms with van der Waals surface area (Å²) in [5.74, 6) is 2.22. The van der Waals surface area contributed by atoms with Crippen LogP contribution in [-0.4, -0.2) is 17.9 Å². The van der Waals surface area contributed by atoms with Crippen LogP contribution in [0.3, 0.4) is 0 Å². The summed E-state index contributed by atoms with van der Waals surface area (Å²) in [6, 6.07) is 59.0. The molecule has 0 atom stereocenters. The summed E-state index contributed by atoms with van der Waals surface area (Å²) in [5, 5.41) is 18.4. The Kier molecular flexibility index (Phi) is 7.49. The topological polar surface area (TPSA) is 81.6 Å². The van der Waals surface area contributed by atoms with Gasteiger partial charge in [-0.1, -0.05) is 133 Å². The standard InChI is InChI=1S/C47H30N4O/c48-29-31-12-10-15-34(26-31)35-16-11-17-36(28-35)45(49)51-46(33-13-2-1-3-14-33)50-30-32-24-25-38-37-18-4-5-19-39(37)47(42(38)27-32)40-20-6-8-22-43(40)52-44-23-9-7-21-41(44)47/h1-28,30,49H. The molecule has 1 heterocycles. The zero-order chi connectivity index (χ0) is 35.1. The second kappa shape index (κ2) is 12.6. The summed E-state index contributed by atoms with van der Waals surface area (Å²) in [6.07, 6.45) is 1.84. The second-order valence-electron chi connectivity index (χ2n) is 12.9. The van der Waals surface area contributed by atoms with Crippen LogP contribution in [-0.2, 0) is 5.41 Å². The molecule has 0 saturated heterocycles. The normalized spacial score (nSPS) is 13.4. The van der Waals surface area contributed by atoms with Gasteiger partial charge < -0.3 is 4.74 Å². The smallest absolute Gasteiger partial charge is 0.161 e. The number of hydrogen-bond donors (Lipinski definition) is 1. The van der Waals surface area contributed by atoms with Gasteiger partial charge in [0, 0.05) is 28.5 Å². The van der Waals surface area contributed by atoms with Gasteiger partial charge in [0.05, 0.1) is 17.0 Å². The fourth-order valence-electron chi connectivity index (χ4n) is 7.63. The molecule has 2 aliphatic rings. The molecule has 1 aliphatic heterocycles. The van der Waals surface area contributed by atoms with E-state index in [-0.39, 0.29) is 5.84 Å².